The molecule has 0 N–H and O–H groups in total. The van der Waals surface area contributed by atoms with E-state index in [4.69, 9.17) is 0 Å². The summed E-state index contributed by atoms with van der Waals surface area (Å²) >= 11 is 0. The Labute approximate surface area is 130 Å². The molecule has 0 saturated carbocycles. The van der Waals surface area contributed by atoms with Gasteiger partial charge in [0, 0.05) is 12.2 Å². The van der Waals surface area contributed by atoms with Gasteiger partial charge in [0.15, 0.2) is 0 Å². The van der Waals surface area contributed by atoms with Crippen molar-refractivity contribution in [1.29, 1.82) is 0 Å². The van der Waals surface area contributed by atoms with E-state index in [9.17, 15) is 8.78 Å². The number of nitrogens with zero attached hydrogens (tertiary/aromatic N) is 1. The standard InChI is InChI=1S/C19H21F2N/c1-13(2)14-7-9-16(10-8-14)22-12-11-15-5-3-4-6-17(15)18(22)19(20)21/h3-10,13,18-19H,11-12H2,1-2H3. The minimum atomic E-state index is -2.40. The molecule has 0 fully saturated rings. The fourth-order valence-corrected chi connectivity index (χ4v) is 3.21. The number of hydrogen-bond donors (Lipinski definition) is 0. The molecule has 2 aromatic rings. The van der Waals surface area contributed by atoms with Gasteiger partial charge in [-0.15, -0.1) is 0 Å². The Morgan fingerprint density at radius 1 is 1.00 bits per heavy atom. The summed E-state index contributed by atoms with van der Waals surface area (Å²) < 4.78 is 27.4. The Hall–Kier alpha value is -1.90. The minimum absolute atomic E-state index is 0.446. The molecule has 1 atom stereocenters. The Morgan fingerprint density at radius 3 is 2.32 bits per heavy atom. The Bertz CT molecular complexity index is 634. The van der Waals surface area contributed by atoms with Crippen LogP contribution in [0.4, 0.5) is 14.5 Å². The predicted octanol–water partition coefficient (Wildman–Crippen LogP) is 5.18. The van der Waals surface area contributed by atoms with Gasteiger partial charge in [-0.1, -0.05) is 50.2 Å². The van der Waals surface area contributed by atoms with E-state index < -0.39 is 12.5 Å². The van der Waals surface area contributed by atoms with Gasteiger partial charge in [-0.3, -0.25) is 0 Å². The van der Waals surface area contributed by atoms with Gasteiger partial charge in [-0.2, -0.15) is 0 Å². The zero-order chi connectivity index (χ0) is 15.7. The summed E-state index contributed by atoms with van der Waals surface area (Å²) in [5.41, 5.74) is 3.92. The first-order valence-corrected chi connectivity index (χ1v) is 7.80. The fourth-order valence-electron chi connectivity index (χ4n) is 3.21. The number of anilines is 1. The molecule has 22 heavy (non-hydrogen) atoms. The molecule has 1 heterocycles. The highest BCUT2D eigenvalue weighted by Gasteiger charge is 2.34. The first-order valence-electron chi connectivity index (χ1n) is 7.80. The summed E-state index contributed by atoms with van der Waals surface area (Å²) in [7, 11) is 0. The summed E-state index contributed by atoms with van der Waals surface area (Å²) in [6.07, 6.45) is -1.59. The van der Waals surface area contributed by atoms with Gasteiger partial charge in [0.25, 0.3) is 6.43 Å². The molecule has 0 amide bonds. The van der Waals surface area contributed by atoms with Crippen LogP contribution in [0.2, 0.25) is 0 Å². The van der Waals surface area contributed by atoms with Crippen molar-refractivity contribution < 1.29 is 8.78 Å². The maximum Gasteiger partial charge on any atom is 0.262 e. The molecule has 0 saturated heterocycles. The molecular weight excluding hydrogens is 280 g/mol. The normalized spacial score (nSPS) is 17.9. The topological polar surface area (TPSA) is 3.24 Å². The molecule has 0 radical (unpaired) electrons. The largest absolute Gasteiger partial charge is 0.359 e. The van der Waals surface area contributed by atoms with E-state index in [1.165, 1.54) is 5.56 Å². The quantitative estimate of drug-likeness (QED) is 0.755. The maximum atomic E-state index is 13.7. The zero-order valence-corrected chi connectivity index (χ0v) is 13.0. The number of fused-ring (bicyclic) bond motifs is 1. The Balaban J connectivity index is 1.96. The second-order valence-electron chi connectivity index (χ2n) is 6.17. The molecule has 1 nitrogen and oxygen atoms in total. The molecule has 0 spiro atoms. The Morgan fingerprint density at radius 2 is 1.68 bits per heavy atom. The molecule has 0 bridgehead atoms. The number of rotatable bonds is 3. The van der Waals surface area contributed by atoms with Crippen molar-refractivity contribution in [2.45, 2.75) is 38.7 Å². The maximum absolute atomic E-state index is 13.7. The highest BCUT2D eigenvalue weighted by Crippen LogP contribution is 2.37. The summed E-state index contributed by atoms with van der Waals surface area (Å²) in [5.74, 6) is 0.446. The summed E-state index contributed by atoms with van der Waals surface area (Å²) in [5, 5.41) is 0. The second-order valence-corrected chi connectivity index (χ2v) is 6.17. The SMILES string of the molecule is CC(C)c1ccc(N2CCc3ccccc3C2C(F)F)cc1. The third kappa shape index (κ3) is 2.72. The van der Waals surface area contributed by atoms with Crippen LogP contribution in [0.25, 0.3) is 0 Å². The van der Waals surface area contributed by atoms with Gasteiger partial charge >= 0.3 is 0 Å². The van der Waals surface area contributed by atoms with E-state index in [-0.39, 0.29) is 0 Å². The first kappa shape index (κ1) is 15.0. The third-order valence-corrected chi connectivity index (χ3v) is 4.46. The van der Waals surface area contributed by atoms with Gasteiger partial charge in [0.2, 0.25) is 0 Å². The van der Waals surface area contributed by atoms with E-state index in [0.29, 0.717) is 12.5 Å². The molecule has 1 unspecified atom stereocenters. The van der Waals surface area contributed by atoms with Crippen molar-refractivity contribution in [2.75, 3.05) is 11.4 Å². The van der Waals surface area contributed by atoms with Crippen LogP contribution >= 0.6 is 0 Å². The smallest absolute Gasteiger partial charge is 0.262 e. The molecule has 3 rings (SSSR count). The van der Waals surface area contributed by atoms with E-state index in [1.54, 1.807) is 0 Å². The average molecular weight is 301 g/mol. The van der Waals surface area contributed by atoms with Gasteiger partial charge < -0.3 is 4.90 Å². The van der Waals surface area contributed by atoms with Crippen molar-refractivity contribution >= 4 is 5.69 Å². The van der Waals surface area contributed by atoms with Crippen molar-refractivity contribution in [2.24, 2.45) is 0 Å². The highest BCUT2D eigenvalue weighted by atomic mass is 19.3. The van der Waals surface area contributed by atoms with Gasteiger partial charge in [-0.05, 0) is 41.2 Å². The van der Waals surface area contributed by atoms with Crippen LogP contribution in [-0.2, 0) is 6.42 Å². The van der Waals surface area contributed by atoms with Gasteiger partial charge in [0.1, 0.15) is 6.04 Å². The van der Waals surface area contributed by atoms with Gasteiger partial charge in [-0.25, -0.2) is 8.78 Å². The van der Waals surface area contributed by atoms with Crippen LogP contribution in [0.1, 0.15) is 42.5 Å². The number of benzene rings is 2. The third-order valence-electron chi connectivity index (χ3n) is 4.46. The lowest BCUT2D eigenvalue weighted by Crippen LogP contribution is -2.39. The summed E-state index contributed by atoms with van der Waals surface area (Å²) in [6.45, 7) is 4.90. The first-order chi connectivity index (χ1) is 10.6. The van der Waals surface area contributed by atoms with E-state index in [2.05, 4.69) is 13.8 Å². The number of halogens is 2. The van der Waals surface area contributed by atoms with Crippen molar-refractivity contribution in [3.63, 3.8) is 0 Å². The zero-order valence-electron chi connectivity index (χ0n) is 13.0. The van der Waals surface area contributed by atoms with Crippen LogP contribution in [0.3, 0.4) is 0 Å². The predicted molar refractivity (Wildman–Crippen MR) is 86.8 cm³/mol. The van der Waals surface area contributed by atoms with Crippen LogP contribution in [0.15, 0.2) is 48.5 Å². The lowest BCUT2D eigenvalue weighted by molar-refractivity contribution is 0.109. The molecule has 1 aliphatic heterocycles. The second kappa shape index (κ2) is 6.07. The molecule has 0 aromatic heterocycles. The lowest BCUT2D eigenvalue weighted by atomic mass is 9.92. The van der Waals surface area contributed by atoms with Crippen molar-refractivity contribution in [1.82, 2.24) is 0 Å². The number of alkyl halides is 2. The molecule has 2 aromatic carbocycles. The van der Waals surface area contributed by atoms with E-state index in [0.717, 1.165) is 23.2 Å². The van der Waals surface area contributed by atoms with Crippen LogP contribution < -0.4 is 4.90 Å². The fraction of sp³-hybridized carbons (Fsp3) is 0.368. The van der Waals surface area contributed by atoms with E-state index in [1.807, 2.05) is 53.4 Å². The lowest BCUT2D eigenvalue weighted by Gasteiger charge is -2.38. The average Bonchev–Trinajstić information content (AvgIpc) is 2.53. The molecule has 116 valence electrons. The molecular formula is C19H21F2N. The van der Waals surface area contributed by atoms with Crippen LogP contribution in [-0.4, -0.2) is 13.0 Å². The summed E-state index contributed by atoms with van der Waals surface area (Å²) in [6, 6.07) is 14.7. The molecule has 3 heteroatoms. The van der Waals surface area contributed by atoms with Crippen molar-refractivity contribution in [3.05, 3.63) is 65.2 Å². The number of hydrogen-bond acceptors (Lipinski definition) is 1. The highest BCUT2D eigenvalue weighted by molar-refractivity contribution is 5.53. The van der Waals surface area contributed by atoms with Crippen molar-refractivity contribution in [3.8, 4) is 0 Å². The van der Waals surface area contributed by atoms with Crippen LogP contribution in [0, 0.1) is 0 Å². The van der Waals surface area contributed by atoms with Crippen LogP contribution in [0.5, 0.6) is 0 Å². The Kier molecular flexibility index (Phi) is 4.14. The van der Waals surface area contributed by atoms with Gasteiger partial charge in [0.05, 0.1) is 0 Å². The molecule has 0 aliphatic carbocycles. The van der Waals surface area contributed by atoms with E-state index >= 15 is 0 Å². The minimum Gasteiger partial charge on any atom is -0.359 e. The monoisotopic (exact) mass is 301 g/mol. The summed E-state index contributed by atoms with van der Waals surface area (Å²) in [4.78, 5) is 1.84. The molecule has 1 aliphatic rings.